The summed E-state index contributed by atoms with van der Waals surface area (Å²) in [5.74, 6) is 0. The Morgan fingerprint density at radius 3 is 1.97 bits per heavy atom. The summed E-state index contributed by atoms with van der Waals surface area (Å²) >= 11 is 0. The first kappa shape index (κ1) is 19.0. The Labute approximate surface area is 197 Å². The molecule has 0 aliphatic rings. The molecule has 5 aromatic carbocycles. The van der Waals surface area contributed by atoms with Gasteiger partial charge in [-0.05, 0) is 61.6 Å². The lowest BCUT2D eigenvalue weighted by Crippen LogP contribution is -1.94. The quantitative estimate of drug-likeness (QED) is 0.256. The number of rotatable bonds is 2. The number of aromatic nitrogens is 2. The smallest absolute Gasteiger partial charge is 0.0793 e. The van der Waals surface area contributed by atoms with Crippen molar-refractivity contribution >= 4 is 43.1 Å². The fourth-order valence-electron chi connectivity index (χ4n) is 5.25. The molecule has 0 spiro atoms. The van der Waals surface area contributed by atoms with Crippen LogP contribution in [0.4, 0.5) is 0 Å². The van der Waals surface area contributed by atoms with Gasteiger partial charge in [0.1, 0.15) is 0 Å². The van der Waals surface area contributed by atoms with Crippen LogP contribution in [0, 0.1) is 0 Å². The lowest BCUT2D eigenvalue weighted by atomic mass is 9.86. The van der Waals surface area contributed by atoms with Crippen LogP contribution in [0.25, 0.3) is 65.5 Å². The van der Waals surface area contributed by atoms with Crippen molar-refractivity contribution in [3.05, 3.63) is 122 Å². The third-order valence-corrected chi connectivity index (χ3v) is 6.77. The van der Waals surface area contributed by atoms with Gasteiger partial charge >= 0.3 is 0 Å². The third kappa shape index (κ3) is 2.82. The fraction of sp³-hybridized carbons (Fsp3) is 0. The van der Waals surface area contributed by atoms with E-state index in [2.05, 4.69) is 108 Å². The zero-order valence-electron chi connectivity index (χ0n) is 18.4. The molecule has 7 aromatic rings. The average Bonchev–Trinajstić information content (AvgIpc) is 2.91. The van der Waals surface area contributed by atoms with Crippen LogP contribution in [0.5, 0.6) is 0 Å². The van der Waals surface area contributed by atoms with Crippen molar-refractivity contribution in [3.8, 4) is 22.4 Å². The molecule has 2 nitrogen and oxygen atoms in total. The fourth-order valence-corrected chi connectivity index (χ4v) is 5.25. The first-order valence-electron chi connectivity index (χ1n) is 11.5. The highest BCUT2D eigenvalue weighted by Gasteiger charge is 2.18. The predicted octanol–water partition coefficient (Wildman–Crippen LogP) is 8.42. The van der Waals surface area contributed by atoms with E-state index in [9.17, 15) is 0 Å². The van der Waals surface area contributed by atoms with Crippen LogP contribution >= 0.6 is 0 Å². The SMILES string of the molecule is c1ccc2cc(-c3c4ccccc4c(-c4nccc5ccccc45)c4cnccc34)ccc2c1. The van der Waals surface area contributed by atoms with Crippen LogP contribution in [-0.2, 0) is 0 Å². The number of pyridine rings is 2. The molecule has 0 saturated carbocycles. The Morgan fingerprint density at radius 2 is 1.12 bits per heavy atom. The number of hydrogen-bond donors (Lipinski definition) is 0. The molecule has 2 heterocycles. The van der Waals surface area contributed by atoms with E-state index in [0.29, 0.717) is 0 Å². The standard InChI is InChI=1S/C32H20N2/c1-2-9-23-19-24(14-13-21(23)7-1)30-26-11-5-6-12-27(26)31(29-20-33-17-16-28(29)30)32-25-10-4-3-8-22(25)15-18-34-32/h1-20H. The third-order valence-electron chi connectivity index (χ3n) is 6.77. The van der Waals surface area contributed by atoms with E-state index >= 15 is 0 Å². The minimum atomic E-state index is 0.998. The highest BCUT2D eigenvalue weighted by Crippen LogP contribution is 2.44. The molecule has 0 saturated heterocycles. The highest BCUT2D eigenvalue weighted by molar-refractivity contribution is 6.23. The number of benzene rings is 5. The second-order valence-electron chi connectivity index (χ2n) is 8.66. The molecular weight excluding hydrogens is 412 g/mol. The zero-order valence-corrected chi connectivity index (χ0v) is 18.4. The molecule has 34 heavy (non-hydrogen) atoms. The topological polar surface area (TPSA) is 25.8 Å². The van der Waals surface area contributed by atoms with Crippen molar-refractivity contribution in [1.82, 2.24) is 9.97 Å². The maximum absolute atomic E-state index is 4.89. The van der Waals surface area contributed by atoms with Gasteiger partial charge in [0.2, 0.25) is 0 Å². The van der Waals surface area contributed by atoms with Crippen LogP contribution in [0.3, 0.4) is 0 Å². The number of nitrogens with zero attached hydrogens (tertiary/aromatic N) is 2. The molecule has 0 fully saturated rings. The molecule has 2 aromatic heterocycles. The molecule has 2 heteroatoms. The lowest BCUT2D eigenvalue weighted by molar-refractivity contribution is 1.35. The molecule has 158 valence electrons. The molecule has 0 bridgehead atoms. The summed E-state index contributed by atoms with van der Waals surface area (Å²) in [6.45, 7) is 0. The maximum atomic E-state index is 4.89. The summed E-state index contributed by atoms with van der Waals surface area (Å²) in [7, 11) is 0. The number of hydrogen-bond acceptors (Lipinski definition) is 2. The van der Waals surface area contributed by atoms with E-state index in [1.54, 1.807) is 0 Å². The molecule has 0 aliphatic heterocycles. The monoisotopic (exact) mass is 432 g/mol. The Kier molecular flexibility index (Phi) is 4.18. The molecule has 0 radical (unpaired) electrons. The van der Waals surface area contributed by atoms with Gasteiger partial charge in [-0.25, -0.2) is 0 Å². The molecule has 0 aliphatic carbocycles. The summed E-state index contributed by atoms with van der Waals surface area (Å²) in [6, 6.07) is 36.6. The van der Waals surface area contributed by atoms with Gasteiger partial charge in [0.25, 0.3) is 0 Å². The maximum Gasteiger partial charge on any atom is 0.0793 e. The molecule has 7 rings (SSSR count). The van der Waals surface area contributed by atoms with Crippen molar-refractivity contribution < 1.29 is 0 Å². The summed E-state index contributed by atoms with van der Waals surface area (Å²) < 4.78 is 0. The van der Waals surface area contributed by atoms with Crippen LogP contribution in [-0.4, -0.2) is 9.97 Å². The van der Waals surface area contributed by atoms with Crippen molar-refractivity contribution in [2.75, 3.05) is 0 Å². The minimum absolute atomic E-state index is 0.998. The van der Waals surface area contributed by atoms with E-state index in [4.69, 9.17) is 4.98 Å². The van der Waals surface area contributed by atoms with Gasteiger partial charge in [-0.3, -0.25) is 9.97 Å². The number of fused-ring (bicyclic) bond motifs is 4. The van der Waals surface area contributed by atoms with Gasteiger partial charge in [0.15, 0.2) is 0 Å². The van der Waals surface area contributed by atoms with Crippen LogP contribution in [0.1, 0.15) is 0 Å². The average molecular weight is 433 g/mol. The lowest BCUT2D eigenvalue weighted by Gasteiger charge is -2.18. The highest BCUT2D eigenvalue weighted by atomic mass is 14.7. The predicted molar refractivity (Wildman–Crippen MR) is 143 cm³/mol. The second kappa shape index (κ2) is 7.50. The minimum Gasteiger partial charge on any atom is -0.264 e. The summed E-state index contributed by atoms with van der Waals surface area (Å²) in [6.07, 6.45) is 5.79. The van der Waals surface area contributed by atoms with E-state index in [1.165, 1.54) is 43.4 Å². The molecule has 0 N–H and O–H groups in total. The summed E-state index contributed by atoms with van der Waals surface area (Å²) in [5.41, 5.74) is 4.59. The van der Waals surface area contributed by atoms with Gasteiger partial charge in [-0.2, -0.15) is 0 Å². The van der Waals surface area contributed by atoms with E-state index in [-0.39, 0.29) is 0 Å². The van der Waals surface area contributed by atoms with Crippen LogP contribution in [0.2, 0.25) is 0 Å². The van der Waals surface area contributed by atoms with Crippen LogP contribution in [0.15, 0.2) is 122 Å². The first-order valence-corrected chi connectivity index (χ1v) is 11.5. The first-order chi connectivity index (χ1) is 16.9. The Balaban J connectivity index is 1.66. The summed E-state index contributed by atoms with van der Waals surface area (Å²) in [4.78, 5) is 9.44. The van der Waals surface area contributed by atoms with E-state index in [0.717, 1.165) is 22.0 Å². The Morgan fingerprint density at radius 1 is 0.441 bits per heavy atom. The van der Waals surface area contributed by atoms with E-state index in [1.807, 2.05) is 18.6 Å². The van der Waals surface area contributed by atoms with Crippen molar-refractivity contribution in [3.63, 3.8) is 0 Å². The molecule has 0 amide bonds. The largest absolute Gasteiger partial charge is 0.264 e. The summed E-state index contributed by atoms with van der Waals surface area (Å²) in [5, 5.41) is 9.55. The zero-order chi connectivity index (χ0) is 22.5. The van der Waals surface area contributed by atoms with Gasteiger partial charge in [-0.15, -0.1) is 0 Å². The van der Waals surface area contributed by atoms with E-state index < -0.39 is 0 Å². The van der Waals surface area contributed by atoms with Crippen molar-refractivity contribution in [2.24, 2.45) is 0 Å². The Bertz CT molecular complexity index is 1810. The van der Waals surface area contributed by atoms with Crippen molar-refractivity contribution in [1.29, 1.82) is 0 Å². The second-order valence-corrected chi connectivity index (χ2v) is 8.66. The Hall–Kier alpha value is -4.56. The van der Waals surface area contributed by atoms with Gasteiger partial charge in [0, 0.05) is 34.9 Å². The molecule has 0 atom stereocenters. The molecular formula is C32H20N2. The van der Waals surface area contributed by atoms with Gasteiger partial charge in [0.05, 0.1) is 5.69 Å². The normalized spacial score (nSPS) is 11.5. The van der Waals surface area contributed by atoms with Gasteiger partial charge in [-0.1, -0.05) is 84.9 Å². The molecule has 0 unspecified atom stereocenters. The van der Waals surface area contributed by atoms with Crippen LogP contribution < -0.4 is 0 Å². The van der Waals surface area contributed by atoms with Crippen molar-refractivity contribution in [2.45, 2.75) is 0 Å². The van der Waals surface area contributed by atoms with Gasteiger partial charge < -0.3 is 0 Å².